The third-order valence-corrected chi connectivity index (χ3v) is 6.04. The molecule has 0 atom stereocenters. The SMILES string of the molecule is CCCCCCCSc1ccc(C(=O)CCN2CCN(C)CC2)cc1. The lowest BCUT2D eigenvalue weighted by Gasteiger charge is -2.32. The van der Waals surface area contributed by atoms with Crippen molar-refractivity contribution in [1.82, 2.24) is 9.80 Å². The molecule has 0 saturated carbocycles. The van der Waals surface area contributed by atoms with Gasteiger partial charge in [-0.3, -0.25) is 4.79 Å². The summed E-state index contributed by atoms with van der Waals surface area (Å²) in [6.45, 7) is 7.52. The number of hydrogen-bond donors (Lipinski definition) is 0. The highest BCUT2D eigenvalue weighted by atomic mass is 32.2. The van der Waals surface area contributed by atoms with Gasteiger partial charge in [-0.15, -0.1) is 11.8 Å². The maximum absolute atomic E-state index is 12.4. The summed E-state index contributed by atoms with van der Waals surface area (Å²) in [5.41, 5.74) is 0.862. The minimum absolute atomic E-state index is 0.273. The van der Waals surface area contributed by atoms with Gasteiger partial charge < -0.3 is 9.80 Å². The van der Waals surface area contributed by atoms with Crippen molar-refractivity contribution < 1.29 is 4.79 Å². The monoisotopic (exact) mass is 362 g/mol. The van der Waals surface area contributed by atoms with E-state index in [0.717, 1.165) is 38.3 Å². The quantitative estimate of drug-likeness (QED) is 0.327. The van der Waals surface area contributed by atoms with Crippen molar-refractivity contribution in [2.24, 2.45) is 0 Å². The van der Waals surface area contributed by atoms with E-state index in [-0.39, 0.29) is 5.78 Å². The molecule has 0 radical (unpaired) electrons. The summed E-state index contributed by atoms with van der Waals surface area (Å²) in [7, 11) is 2.16. The second-order valence-corrected chi connectivity index (χ2v) is 8.27. The highest BCUT2D eigenvalue weighted by Crippen LogP contribution is 2.21. The second kappa shape index (κ2) is 11.7. The first-order valence-corrected chi connectivity index (χ1v) is 10.8. The van der Waals surface area contributed by atoms with Crippen LogP contribution >= 0.6 is 11.8 Å². The standard InChI is InChI=1S/C21H34N2OS/c1-3-4-5-6-7-18-25-20-10-8-19(9-11-20)21(24)12-13-23-16-14-22(2)15-17-23/h8-11H,3-7,12-18H2,1-2H3. The van der Waals surface area contributed by atoms with Gasteiger partial charge in [-0.05, 0) is 31.4 Å². The van der Waals surface area contributed by atoms with Gasteiger partial charge >= 0.3 is 0 Å². The van der Waals surface area contributed by atoms with Crippen LogP contribution in [0.5, 0.6) is 0 Å². The summed E-state index contributed by atoms with van der Waals surface area (Å²) in [5.74, 6) is 1.45. The number of carbonyl (C=O) groups is 1. The van der Waals surface area contributed by atoms with Crippen molar-refractivity contribution in [2.75, 3.05) is 45.5 Å². The van der Waals surface area contributed by atoms with E-state index in [1.54, 1.807) is 0 Å². The molecule has 1 aliphatic rings. The molecule has 2 rings (SSSR count). The molecule has 4 heteroatoms. The molecule has 1 heterocycles. The van der Waals surface area contributed by atoms with E-state index in [0.29, 0.717) is 6.42 Å². The van der Waals surface area contributed by atoms with Crippen LogP contribution in [0.25, 0.3) is 0 Å². The lowest BCUT2D eigenvalue weighted by molar-refractivity contribution is 0.0942. The van der Waals surface area contributed by atoms with Crippen molar-refractivity contribution in [2.45, 2.75) is 50.3 Å². The zero-order chi connectivity index (χ0) is 17.9. The Balaban J connectivity index is 1.65. The molecular formula is C21H34N2OS. The van der Waals surface area contributed by atoms with E-state index >= 15 is 0 Å². The largest absolute Gasteiger partial charge is 0.304 e. The Morgan fingerprint density at radius 1 is 1.00 bits per heavy atom. The number of benzene rings is 1. The lowest BCUT2D eigenvalue weighted by Crippen LogP contribution is -2.45. The fraction of sp³-hybridized carbons (Fsp3) is 0.667. The summed E-state index contributed by atoms with van der Waals surface area (Å²) < 4.78 is 0. The maximum Gasteiger partial charge on any atom is 0.164 e. The van der Waals surface area contributed by atoms with Gasteiger partial charge in [0.15, 0.2) is 5.78 Å². The number of ketones is 1. The molecule has 1 saturated heterocycles. The maximum atomic E-state index is 12.4. The molecule has 0 N–H and O–H groups in total. The Labute approximate surface area is 158 Å². The fourth-order valence-electron chi connectivity index (χ4n) is 3.11. The van der Waals surface area contributed by atoms with Crippen LogP contribution < -0.4 is 0 Å². The number of rotatable bonds is 11. The van der Waals surface area contributed by atoms with Crippen LogP contribution in [0.4, 0.5) is 0 Å². The third-order valence-electron chi connectivity index (χ3n) is 4.94. The summed E-state index contributed by atoms with van der Waals surface area (Å²) in [5, 5.41) is 0. The summed E-state index contributed by atoms with van der Waals surface area (Å²) in [6.07, 6.45) is 7.28. The molecule has 0 aliphatic carbocycles. The zero-order valence-corrected chi connectivity index (χ0v) is 16.8. The number of hydrogen-bond acceptors (Lipinski definition) is 4. The van der Waals surface area contributed by atoms with Crippen LogP contribution in [0.2, 0.25) is 0 Å². The molecule has 0 aromatic heterocycles. The van der Waals surface area contributed by atoms with E-state index in [4.69, 9.17) is 0 Å². The summed E-state index contributed by atoms with van der Waals surface area (Å²) in [6, 6.07) is 8.23. The number of Topliss-reactive ketones (excluding diaryl/α,β-unsaturated/α-hetero) is 1. The smallest absolute Gasteiger partial charge is 0.164 e. The van der Waals surface area contributed by atoms with Gasteiger partial charge in [-0.25, -0.2) is 0 Å². The van der Waals surface area contributed by atoms with Gasteiger partial charge in [0.2, 0.25) is 0 Å². The van der Waals surface area contributed by atoms with Gasteiger partial charge in [0.1, 0.15) is 0 Å². The third kappa shape index (κ3) is 7.93. The van der Waals surface area contributed by atoms with Gasteiger partial charge in [0.25, 0.3) is 0 Å². The van der Waals surface area contributed by atoms with E-state index in [1.165, 1.54) is 42.8 Å². The molecule has 1 fully saturated rings. The predicted molar refractivity (Wildman–Crippen MR) is 109 cm³/mol. The number of nitrogens with zero attached hydrogens (tertiary/aromatic N) is 2. The van der Waals surface area contributed by atoms with E-state index in [1.807, 2.05) is 23.9 Å². The van der Waals surface area contributed by atoms with Crippen molar-refractivity contribution in [3.05, 3.63) is 29.8 Å². The molecule has 25 heavy (non-hydrogen) atoms. The molecule has 0 bridgehead atoms. The van der Waals surface area contributed by atoms with Gasteiger partial charge in [0, 0.05) is 49.6 Å². The molecule has 3 nitrogen and oxygen atoms in total. The topological polar surface area (TPSA) is 23.6 Å². The number of piperazine rings is 1. The van der Waals surface area contributed by atoms with Crippen LogP contribution in [0.15, 0.2) is 29.2 Å². The first-order chi connectivity index (χ1) is 12.2. The first-order valence-electron chi connectivity index (χ1n) is 9.86. The number of unbranched alkanes of at least 4 members (excludes halogenated alkanes) is 4. The average molecular weight is 363 g/mol. The molecule has 1 aromatic rings. The molecule has 140 valence electrons. The first kappa shape index (κ1) is 20.5. The number of carbonyl (C=O) groups excluding carboxylic acids is 1. The molecule has 0 amide bonds. The van der Waals surface area contributed by atoms with Crippen LogP contribution in [0, 0.1) is 0 Å². The van der Waals surface area contributed by atoms with E-state index < -0.39 is 0 Å². The van der Waals surface area contributed by atoms with Gasteiger partial charge in [0.05, 0.1) is 0 Å². The van der Waals surface area contributed by atoms with Gasteiger partial charge in [-0.1, -0.05) is 44.7 Å². The Bertz CT molecular complexity index is 495. The van der Waals surface area contributed by atoms with Crippen LogP contribution in [0.1, 0.15) is 55.8 Å². The minimum atomic E-state index is 0.273. The van der Waals surface area contributed by atoms with E-state index in [9.17, 15) is 4.79 Å². The van der Waals surface area contributed by atoms with Crippen LogP contribution in [0.3, 0.4) is 0 Å². The van der Waals surface area contributed by atoms with Crippen LogP contribution in [-0.2, 0) is 0 Å². The summed E-state index contributed by atoms with van der Waals surface area (Å²) >= 11 is 1.91. The summed E-state index contributed by atoms with van der Waals surface area (Å²) in [4.78, 5) is 18.4. The fourth-order valence-corrected chi connectivity index (χ4v) is 4.02. The minimum Gasteiger partial charge on any atom is -0.304 e. The van der Waals surface area contributed by atoms with Crippen molar-refractivity contribution in [3.8, 4) is 0 Å². The molecule has 1 aromatic carbocycles. The van der Waals surface area contributed by atoms with Crippen molar-refractivity contribution in [3.63, 3.8) is 0 Å². The molecule has 0 spiro atoms. The number of thioether (sulfide) groups is 1. The molecule has 0 unspecified atom stereocenters. The van der Waals surface area contributed by atoms with Crippen LogP contribution in [-0.4, -0.2) is 61.1 Å². The van der Waals surface area contributed by atoms with E-state index in [2.05, 4.69) is 35.9 Å². The van der Waals surface area contributed by atoms with Crippen molar-refractivity contribution >= 4 is 17.5 Å². The van der Waals surface area contributed by atoms with Gasteiger partial charge in [-0.2, -0.15) is 0 Å². The number of likely N-dealkylation sites (N-methyl/N-ethyl adjacent to an activating group) is 1. The Morgan fingerprint density at radius 3 is 2.36 bits per heavy atom. The van der Waals surface area contributed by atoms with Crippen molar-refractivity contribution in [1.29, 1.82) is 0 Å². The molecular weight excluding hydrogens is 328 g/mol. The Morgan fingerprint density at radius 2 is 1.68 bits per heavy atom. The predicted octanol–water partition coefficient (Wildman–Crippen LogP) is 4.57. The second-order valence-electron chi connectivity index (χ2n) is 7.11. The lowest BCUT2D eigenvalue weighted by atomic mass is 10.1. The highest BCUT2D eigenvalue weighted by molar-refractivity contribution is 7.99. The highest BCUT2D eigenvalue weighted by Gasteiger charge is 2.15. The Hall–Kier alpha value is -0.840. The molecule has 1 aliphatic heterocycles. The zero-order valence-electron chi connectivity index (χ0n) is 16.0. The average Bonchev–Trinajstić information content (AvgIpc) is 2.64. The normalized spacial score (nSPS) is 16.2. The Kier molecular flexibility index (Phi) is 9.59.